The Morgan fingerprint density at radius 1 is 1.00 bits per heavy atom. The van der Waals surface area contributed by atoms with Crippen molar-refractivity contribution in [3.8, 4) is 0 Å². The summed E-state index contributed by atoms with van der Waals surface area (Å²) in [5, 5.41) is 0.683. The first-order valence-corrected chi connectivity index (χ1v) is 10.8. The maximum absolute atomic E-state index is 12.4. The van der Waals surface area contributed by atoms with Gasteiger partial charge in [-0.15, -0.1) is 0 Å². The van der Waals surface area contributed by atoms with Crippen molar-refractivity contribution in [3.05, 3.63) is 59.6 Å². The second kappa shape index (κ2) is 8.63. The lowest BCUT2D eigenvalue weighted by molar-refractivity contribution is -0.131. The molecule has 1 aliphatic heterocycles. The van der Waals surface area contributed by atoms with Gasteiger partial charge in [-0.3, -0.25) is 9.52 Å². The highest BCUT2D eigenvalue weighted by Crippen LogP contribution is 2.21. The third-order valence-corrected chi connectivity index (χ3v) is 5.96. The van der Waals surface area contributed by atoms with Gasteiger partial charge in [0.25, 0.3) is 0 Å². The lowest BCUT2D eigenvalue weighted by atomic mass is 10.2. The molecule has 6 nitrogen and oxygen atoms in total. The zero-order chi connectivity index (χ0) is 19.3. The van der Waals surface area contributed by atoms with E-state index in [-0.39, 0.29) is 18.1 Å². The van der Waals surface area contributed by atoms with Crippen LogP contribution in [0.2, 0.25) is 5.02 Å². The quantitative estimate of drug-likeness (QED) is 0.799. The highest BCUT2D eigenvalue weighted by atomic mass is 35.5. The van der Waals surface area contributed by atoms with Gasteiger partial charge < -0.3 is 9.80 Å². The molecule has 1 amide bonds. The molecule has 2 aromatic carbocycles. The van der Waals surface area contributed by atoms with Gasteiger partial charge in [0.05, 0.1) is 5.75 Å². The van der Waals surface area contributed by atoms with Crippen LogP contribution >= 0.6 is 11.6 Å². The molecule has 1 saturated heterocycles. The molecule has 0 bridgehead atoms. The summed E-state index contributed by atoms with van der Waals surface area (Å²) in [7, 11) is -3.55. The average molecular weight is 408 g/mol. The normalized spacial score (nSPS) is 14.9. The van der Waals surface area contributed by atoms with Crippen LogP contribution in [0.25, 0.3) is 0 Å². The number of para-hydroxylation sites is 1. The summed E-state index contributed by atoms with van der Waals surface area (Å²) in [6, 6.07) is 16.3. The van der Waals surface area contributed by atoms with Crippen LogP contribution in [0.15, 0.2) is 54.6 Å². The summed E-state index contributed by atoms with van der Waals surface area (Å²) < 4.78 is 26.8. The van der Waals surface area contributed by atoms with Crippen molar-refractivity contribution in [2.45, 2.75) is 6.42 Å². The van der Waals surface area contributed by atoms with Crippen molar-refractivity contribution in [2.24, 2.45) is 0 Å². The first-order valence-electron chi connectivity index (χ1n) is 8.77. The van der Waals surface area contributed by atoms with Crippen molar-refractivity contribution >= 4 is 38.9 Å². The van der Waals surface area contributed by atoms with E-state index in [2.05, 4.69) is 9.62 Å². The van der Waals surface area contributed by atoms with Crippen molar-refractivity contribution < 1.29 is 13.2 Å². The molecule has 0 spiro atoms. The fourth-order valence-electron chi connectivity index (χ4n) is 3.00. The number of carbonyl (C=O) groups excluding carboxylic acids is 1. The molecule has 0 aliphatic carbocycles. The Labute approximate surface area is 164 Å². The number of carbonyl (C=O) groups is 1. The minimum absolute atomic E-state index is 0.0284. The zero-order valence-corrected chi connectivity index (χ0v) is 16.4. The molecule has 27 heavy (non-hydrogen) atoms. The monoisotopic (exact) mass is 407 g/mol. The summed E-state index contributed by atoms with van der Waals surface area (Å²) in [5.41, 5.74) is 1.53. The van der Waals surface area contributed by atoms with Crippen molar-refractivity contribution in [3.63, 3.8) is 0 Å². The van der Waals surface area contributed by atoms with Crippen LogP contribution in [0.1, 0.15) is 6.42 Å². The van der Waals surface area contributed by atoms with Crippen LogP contribution in [0.3, 0.4) is 0 Å². The summed E-state index contributed by atoms with van der Waals surface area (Å²) in [5.74, 6) is -0.367. The molecule has 3 rings (SSSR count). The maximum atomic E-state index is 12.4. The predicted molar refractivity (Wildman–Crippen MR) is 109 cm³/mol. The van der Waals surface area contributed by atoms with Gasteiger partial charge in [-0.1, -0.05) is 35.9 Å². The van der Waals surface area contributed by atoms with Gasteiger partial charge in [-0.2, -0.15) is 0 Å². The number of hydrogen-bond acceptors (Lipinski definition) is 4. The van der Waals surface area contributed by atoms with Crippen molar-refractivity contribution in [1.82, 2.24) is 4.90 Å². The number of piperazine rings is 1. The van der Waals surface area contributed by atoms with Crippen molar-refractivity contribution in [2.75, 3.05) is 41.6 Å². The van der Waals surface area contributed by atoms with E-state index in [4.69, 9.17) is 11.6 Å². The Hall–Kier alpha value is -2.25. The number of amides is 1. The van der Waals surface area contributed by atoms with E-state index >= 15 is 0 Å². The van der Waals surface area contributed by atoms with Crippen LogP contribution in [0.5, 0.6) is 0 Å². The standard InChI is InChI=1S/C19H22ClN3O3S/c20-16-5-4-8-18(15-16)22-10-12-23(13-11-22)19(24)9-14-27(25,26)21-17-6-2-1-3-7-17/h1-8,15,21H,9-14H2. The van der Waals surface area contributed by atoms with Crippen LogP contribution in [0.4, 0.5) is 11.4 Å². The molecular formula is C19H22ClN3O3S. The SMILES string of the molecule is O=C(CCS(=O)(=O)Nc1ccccc1)N1CCN(c2cccc(Cl)c2)CC1. The molecular weight excluding hydrogens is 386 g/mol. The topological polar surface area (TPSA) is 69.7 Å². The third kappa shape index (κ3) is 5.61. The fourth-order valence-corrected chi connectivity index (χ4v) is 4.23. The Morgan fingerprint density at radius 2 is 1.70 bits per heavy atom. The molecule has 0 saturated carbocycles. The van der Waals surface area contributed by atoms with Gasteiger partial charge in [-0.25, -0.2) is 8.42 Å². The number of benzene rings is 2. The highest BCUT2D eigenvalue weighted by Gasteiger charge is 2.23. The summed E-state index contributed by atoms with van der Waals surface area (Å²) >= 11 is 6.03. The molecule has 0 unspecified atom stereocenters. The van der Waals surface area contributed by atoms with E-state index in [0.29, 0.717) is 36.9 Å². The molecule has 1 fully saturated rings. The van der Waals surface area contributed by atoms with Gasteiger partial charge in [0, 0.05) is 49.0 Å². The number of hydrogen-bond donors (Lipinski definition) is 1. The maximum Gasteiger partial charge on any atom is 0.233 e. The van der Waals surface area contributed by atoms with E-state index in [1.165, 1.54) is 0 Å². The summed E-state index contributed by atoms with van der Waals surface area (Å²) in [6.07, 6.45) is -0.0284. The second-order valence-electron chi connectivity index (χ2n) is 6.38. The second-order valence-corrected chi connectivity index (χ2v) is 8.66. The first kappa shape index (κ1) is 19.5. The molecule has 1 N–H and O–H groups in total. The Balaban J connectivity index is 1.48. The molecule has 0 radical (unpaired) electrons. The minimum atomic E-state index is -3.55. The van der Waals surface area contributed by atoms with Crippen LogP contribution in [-0.2, 0) is 14.8 Å². The fraction of sp³-hybridized carbons (Fsp3) is 0.316. The summed E-state index contributed by atoms with van der Waals surface area (Å²) in [6.45, 7) is 2.53. The Bertz CT molecular complexity index is 882. The van der Waals surface area contributed by atoms with E-state index in [1.807, 2.05) is 30.3 Å². The van der Waals surface area contributed by atoms with Crippen LogP contribution in [-0.4, -0.2) is 51.2 Å². The smallest absolute Gasteiger partial charge is 0.233 e. The Morgan fingerprint density at radius 3 is 2.37 bits per heavy atom. The summed E-state index contributed by atoms with van der Waals surface area (Å²) in [4.78, 5) is 16.3. The molecule has 2 aromatic rings. The molecule has 0 atom stereocenters. The lowest BCUT2D eigenvalue weighted by Gasteiger charge is -2.36. The van der Waals surface area contributed by atoms with E-state index in [0.717, 1.165) is 5.69 Å². The molecule has 144 valence electrons. The number of nitrogens with one attached hydrogen (secondary N) is 1. The van der Waals surface area contributed by atoms with Gasteiger partial charge in [0.1, 0.15) is 0 Å². The van der Waals surface area contributed by atoms with Crippen LogP contribution in [0, 0.1) is 0 Å². The highest BCUT2D eigenvalue weighted by molar-refractivity contribution is 7.92. The number of rotatable bonds is 6. The molecule has 1 aliphatic rings. The van der Waals surface area contributed by atoms with Crippen molar-refractivity contribution in [1.29, 1.82) is 0 Å². The van der Waals surface area contributed by atoms with Gasteiger partial charge in [0.15, 0.2) is 0 Å². The molecule has 0 aromatic heterocycles. The number of nitrogens with zero attached hydrogens (tertiary/aromatic N) is 2. The van der Waals surface area contributed by atoms with Crippen LogP contribution < -0.4 is 9.62 Å². The third-order valence-electron chi connectivity index (χ3n) is 4.44. The first-order chi connectivity index (χ1) is 12.9. The lowest BCUT2D eigenvalue weighted by Crippen LogP contribution is -2.49. The van der Waals surface area contributed by atoms with E-state index in [9.17, 15) is 13.2 Å². The number of halogens is 1. The largest absolute Gasteiger partial charge is 0.368 e. The zero-order valence-electron chi connectivity index (χ0n) is 14.8. The van der Waals surface area contributed by atoms with Gasteiger partial charge >= 0.3 is 0 Å². The van der Waals surface area contributed by atoms with E-state index in [1.54, 1.807) is 29.2 Å². The molecule has 8 heteroatoms. The Kier molecular flexibility index (Phi) is 6.23. The van der Waals surface area contributed by atoms with Gasteiger partial charge in [-0.05, 0) is 30.3 Å². The van der Waals surface area contributed by atoms with Gasteiger partial charge in [0.2, 0.25) is 15.9 Å². The average Bonchev–Trinajstić information content (AvgIpc) is 2.67. The van der Waals surface area contributed by atoms with E-state index < -0.39 is 10.0 Å². The molecule has 1 heterocycles. The number of anilines is 2. The minimum Gasteiger partial charge on any atom is -0.368 e. The number of sulfonamides is 1. The predicted octanol–water partition coefficient (Wildman–Crippen LogP) is 2.82.